The SMILES string of the molecule is Cc1ccc(C)n1NCc1cc(F)c(O)c(F)c1. The smallest absolute Gasteiger partial charge is 0.187 e. The first-order valence-electron chi connectivity index (χ1n) is 5.54. The molecule has 2 N–H and O–H groups in total. The molecule has 1 aromatic carbocycles. The van der Waals surface area contributed by atoms with Gasteiger partial charge in [0.15, 0.2) is 17.4 Å². The minimum absolute atomic E-state index is 0.268. The van der Waals surface area contributed by atoms with Crippen LogP contribution in [0.15, 0.2) is 24.3 Å². The van der Waals surface area contributed by atoms with Crippen LogP contribution in [-0.2, 0) is 6.54 Å². The minimum Gasteiger partial charge on any atom is -0.503 e. The summed E-state index contributed by atoms with van der Waals surface area (Å²) >= 11 is 0. The van der Waals surface area contributed by atoms with Crippen molar-refractivity contribution >= 4 is 0 Å². The molecule has 0 saturated carbocycles. The zero-order chi connectivity index (χ0) is 13.3. The lowest BCUT2D eigenvalue weighted by atomic mass is 10.2. The van der Waals surface area contributed by atoms with Crippen LogP contribution in [0.5, 0.6) is 5.75 Å². The van der Waals surface area contributed by atoms with Crippen LogP contribution in [0.4, 0.5) is 8.78 Å². The van der Waals surface area contributed by atoms with Gasteiger partial charge in [0.25, 0.3) is 0 Å². The van der Waals surface area contributed by atoms with Gasteiger partial charge in [0.1, 0.15) is 0 Å². The average molecular weight is 252 g/mol. The molecule has 18 heavy (non-hydrogen) atoms. The Morgan fingerprint density at radius 2 is 1.61 bits per heavy atom. The van der Waals surface area contributed by atoms with Gasteiger partial charge in [-0.25, -0.2) is 8.78 Å². The van der Waals surface area contributed by atoms with Crippen molar-refractivity contribution in [2.75, 3.05) is 5.43 Å². The lowest BCUT2D eigenvalue weighted by Crippen LogP contribution is -2.17. The van der Waals surface area contributed by atoms with Crippen molar-refractivity contribution < 1.29 is 13.9 Å². The lowest BCUT2D eigenvalue weighted by Gasteiger charge is -2.13. The molecule has 0 aliphatic heterocycles. The summed E-state index contributed by atoms with van der Waals surface area (Å²) in [6.45, 7) is 4.13. The summed E-state index contributed by atoms with van der Waals surface area (Å²) in [5, 5.41) is 9.00. The number of benzene rings is 1. The summed E-state index contributed by atoms with van der Waals surface area (Å²) in [5.41, 5.74) is 5.49. The number of phenols is 1. The van der Waals surface area contributed by atoms with Gasteiger partial charge in [-0.1, -0.05) is 0 Å². The normalized spacial score (nSPS) is 10.7. The van der Waals surface area contributed by atoms with Gasteiger partial charge >= 0.3 is 0 Å². The highest BCUT2D eigenvalue weighted by Crippen LogP contribution is 2.21. The molecule has 5 heteroatoms. The maximum absolute atomic E-state index is 13.1. The van der Waals surface area contributed by atoms with E-state index in [2.05, 4.69) is 5.43 Å². The Balaban J connectivity index is 2.16. The number of rotatable bonds is 3. The molecule has 2 rings (SSSR count). The summed E-state index contributed by atoms with van der Waals surface area (Å²) in [5.74, 6) is -2.84. The van der Waals surface area contributed by atoms with Gasteiger partial charge in [-0.05, 0) is 43.7 Å². The lowest BCUT2D eigenvalue weighted by molar-refractivity contribution is 0.395. The second-order valence-electron chi connectivity index (χ2n) is 4.19. The molecule has 2 aromatic rings. The van der Waals surface area contributed by atoms with Gasteiger partial charge in [0.05, 0.1) is 6.54 Å². The molecular formula is C13H14F2N2O. The highest BCUT2D eigenvalue weighted by atomic mass is 19.1. The predicted molar refractivity (Wildman–Crippen MR) is 65.0 cm³/mol. The monoisotopic (exact) mass is 252 g/mol. The van der Waals surface area contributed by atoms with E-state index in [0.717, 1.165) is 23.5 Å². The zero-order valence-corrected chi connectivity index (χ0v) is 10.2. The van der Waals surface area contributed by atoms with Crippen LogP contribution in [0.2, 0.25) is 0 Å². The highest BCUT2D eigenvalue weighted by Gasteiger charge is 2.09. The van der Waals surface area contributed by atoms with Crippen molar-refractivity contribution in [1.82, 2.24) is 4.68 Å². The van der Waals surface area contributed by atoms with E-state index in [1.807, 2.05) is 30.7 Å². The van der Waals surface area contributed by atoms with E-state index >= 15 is 0 Å². The Bertz CT molecular complexity index is 536. The second-order valence-corrected chi connectivity index (χ2v) is 4.19. The Morgan fingerprint density at radius 1 is 1.11 bits per heavy atom. The van der Waals surface area contributed by atoms with Gasteiger partial charge in [-0.3, -0.25) is 4.68 Å². The number of aromatic hydroxyl groups is 1. The van der Waals surface area contributed by atoms with E-state index in [-0.39, 0.29) is 6.54 Å². The molecule has 0 amide bonds. The fourth-order valence-corrected chi connectivity index (χ4v) is 1.81. The Kier molecular flexibility index (Phi) is 3.23. The van der Waals surface area contributed by atoms with Crippen molar-refractivity contribution in [1.29, 1.82) is 0 Å². The van der Waals surface area contributed by atoms with E-state index in [4.69, 9.17) is 5.11 Å². The van der Waals surface area contributed by atoms with Crippen LogP contribution in [0.25, 0.3) is 0 Å². The molecule has 0 spiro atoms. The number of phenolic OH excluding ortho intramolecular Hbond substituents is 1. The molecule has 0 bridgehead atoms. The van der Waals surface area contributed by atoms with Crippen molar-refractivity contribution in [2.45, 2.75) is 20.4 Å². The summed E-state index contributed by atoms with van der Waals surface area (Å²) in [6.07, 6.45) is 0. The molecule has 0 unspecified atom stereocenters. The summed E-state index contributed by atoms with van der Waals surface area (Å²) in [6, 6.07) is 6.11. The average Bonchev–Trinajstić information content (AvgIpc) is 2.63. The maximum atomic E-state index is 13.1. The summed E-state index contributed by atoms with van der Waals surface area (Å²) < 4.78 is 28.1. The molecule has 0 aliphatic carbocycles. The fraction of sp³-hybridized carbons (Fsp3) is 0.231. The maximum Gasteiger partial charge on any atom is 0.187 e. The second kappa shape index (κ2) is 4.68. The van der Waals surface area contributed by atoms with E-state index < -0.39 is 17.4 Å². The third kappa shape index (κ3) is 2.30. The molecule has 0 aliphatic rings. The summed E-state index contributed by atoms with van der Waals surface area (Å²) in [7, 11) is 0. The molecule has 0 saturated heterocycles. The van der Waals surface area contributed by atoms with Crippen molar-refractivity contribution in [2.24, 2.45) is 0 Å². The van der Waals surface area contributed by atoms with Gasteiger partial charge in [-0.2, -0.15) is 0 Å². The van der Waals surface area contributed by atoms with Crippen molar-refractivity contribution in [3.05, 3.63) is 52.9 Å². The predicted octanol–water partition coefficient (Wildman–Crippen LogP) is 2.83. The van der Waals surface area contributed by atoms with Crippen LogP contribution in [0, 0.1) is 25.5 Å². The number of halogens is 2. The molecule has 0 fully saturated rings. The first kappa shape index (κ1) is 12.4. The standard InChI is InChI=1S/C13H14F2N2O/c1-8-3-4-9(2)17(8)16-7-10-5-11(14)13(18)12(15)6-10/h3-6,16,18H,7H2,1-2H3. The Morgan fingerprint density at radius 3 is 2.11 bits per heavy atom. The summed E-state index contributed by atoms with van der Waals surface area (Å²) in [4.78, 5) is 0. The van der Waals surface area contributed by atoms with Crippen LogP contribution in [0.1, 0.15) is 17.0 Å². The zero-order valence-electron chi connectivity index (χ0n) is 10.2. The van der Waals surface area contributed by atoms with Gasteiger partial charge in [0, 0.05) is 11.4 Å². The number of hydrogen-bond acceptors (Lipinski definition) is 2. The third-order valence-electron chi connectivity index (χ3n) is 2.79. The van der Waals surface area contributed by atoms with Crippen LogP contribution < -0.4 is 5.43 Å². The molecule has 0 atom stereocenters. The first-order chi connectivity index (χ1) is 8.49. The number of nitrogens with one attached hydrogen (secondary N) is 1. The van der Waals surface area contributed by atoms with Gasteiger partial charge < -0.3 is 10.5 Å². The molecule has 1 aromatic heterocycles. The van der Waals surface area contributed by atoms with Gasteiger partial charge in [0.2, 0.25) is 0 Å². The quantitative estimate of drug-likeness (QED) is 0.881. The first-order valence-corrected chi connectivity index (χ1v) is 5.54. The van der Waals surface area contributed by atoms with Crippen LogP contribution in [0.3, 0.4) is 0 Å². The molecule has 1 heterocycles. The Hall–Kier alpha value is -2.04. The number of aryl methyl sites for hydroxylation is 2. The van der Waals surface area contributed by atoms with E-state index in [1.54, 1.807) is 0 Å². The molecular weight excluding hydrogens is 238 g/mol. The largest absolute Gasteiger partial charge is 0.503 e. The van der Waals surface area contributed by atoms with E-state index in [0.29, 0.717) is 5.56 Å². The topological polar surface area (TPSA) is 37.2 Å². The molecule has 0 radical (unpaired) electrons. The third-order valence-corrected chi connectivity index (χ3v) is 2.79. The Labute approximate surface area is 104 Å². The fourth-order valence-electron chi connectivity index (χ4n) is 1.81. The van der Waals surface area contributed by atoms with E-state index in [9.17, 15) is 8.78 Å². The minimum atomic E-state index is -0.951. The van der Waals surface area contributed by atoms with E-state index in [1.165, 1.54) is 0 Å². The number of hydrogen-bond donors (Lipinski definition) is 2. The number of nitrogens with zero attached hydrogens (tertiary/aromatic N) is 1. The highest BCUT2D eigenvalue weighted by molar-refractivity contribution is 5.30. The van der Waals surface area contributed by atoms with Crippen molar-refractivity contribution in [3.63, 3.8) is 0 Å². The molecule has 3 nitrogen and oxygen atoms in total. The van der Waals surface area contributed by atoms with Gasteiger partial charge in [-0.15, -0.1) is 0 Å². The van der Waals surface area contributed by atoms with Crippen LogP contribution in [-0.4, -0.2) is 9.78 Å². The van der Waals surface area contributed by atoms with Crippen LogP contribution >= 0.6 is 0 Å². The number of aromatic nitrogens is 1. The van der Waals surface area contributed by atoms with Crippen molar-refractivity contribution in [3.8, 4) is 5.75 Å². The molecule has 96 valence electrons.